The van der Waals surface area contributed by atoms with Crippen LogP contribution in [0.25, 0.3) is 11.1 Å². The normalized spacial score (nSPS) is 10.4. The van der Waals surface area contributed by atoms with E-state index in [0.29, 0.717) is 24.0 Å². The summed E-state index contributed by atoms with van der Waals surface area (Å²) in [6.45, 7) is 5.72. The lowest BCUT2D eigenvalue weighted by molar-refractivity contribution is -0.102. The standard InChI is InChI=1S/C18H21N5O3/c1-4-22-18-13(10(19)7-24)14(15(20)16(23-18)17(21)26)12-8(2)5-6-11(25)9(12)3/h5-7,19,25H,4,20H2,1-3H3,(H2,21,26)(H,22,23). The molecule has 1 aromatic carbocycles. The van der Waals surface area contributed by atoms with Gasteiger partial charge in [0.25, 0.3) is 5.91 Å². The maximum Gasteiger partial charge on any atom is 0.269 e. The summed E-state index contributed by atoms with van der Waals surface area (Å²) >= 11 is 0. The lowest BCUT2D eigenvalue weighted by atomic mass is 9.88. The number of hydrogen-bond donors (Lipinski definition) is 5. The number of anilines is 2. The molecule has 1 amide bonds. The Labute approximate surface area is 150 Å². The average Bonchev–Trinajstić information content (AvgIpc) is 2.60. The van der Waals surface area contributed by atoms with Gasteiger partial charge in [0, 0.05) is 12.1 Å². The number of carbonyl (C=O) groups excluding carboxylic acids is 2. The fourth-order valence-electron chi connectivity index (χ4n) is 2.88. The third-order valence-electron chi connectivity index (χ3n) is 4.09. The second-order valence-corrected chi connectivity index (χ2v) is 5.80. The topological polar surface area (TPSA) is 155 Å². The van der Waals surface area contributed by atoms with Crippen molar-refractivity contribution >= 4 is 29.4 Å². The molecule has 26 heavy (non-hydrogen) atoms. The van der Waals surface area contributed by atoms with Crippen molar-refractivity contribution in [2.45, 2.75) is 20.8 Å². The summed E-state index contributed by atoms with van der Waals surface area (Å²) in [5, 5.41) is 21.1. The van der Waals surface area contributed by atoms with Gasteiger partial charge in [0.2, 0.25) is 0 Å². The fourth-order valence-corrected chi connectivity index (χ4v) is 2.88. The number of nitrogen functional groups attached to an aromatic ring is 1. The van der Waals surface area contributed by atoms with Crippen LogP contribution in [0.4, 0.5) is 11.5 Å². The van der Waals surface area contributed by atoms with Gasteiger partial charge in [0.05, 0.1) is 11.3 Å². The monoisotopic (exact) mass is 355 g/mol. The Morgan fingerprint density at radius 2 is 2.00 bits per heavy atom. The van der Waals surface area contributed by atoms with Crippen LogP contribution in [-0.4, -0.2) is 34.5 Å². The Kier molecular flexibility index (Phi) is 5.25. The number of nitrogens with one attached hydrogen (secondary N) is 2. The third kappa shape index (κ3) is 3.08. The van der Waals surface area contributed by atoms with Crippen molar-refractivity contribution in [1.29, 1.82) is 5.41 Å². The highest BCUT2D eigenvalue weighted by atomic mass is 16.3. The molecule has 0 aliphatic heterocycles. The Hall–Kier alpha value is -3.42. The van der Waals surface area contributed by atoms with Crippen LogP contribution in [-0.2, 0) is 4.79 Å². The molecule has 0 fully saturated rings. The summed E-state index contributed by atoms with van der Waals surface area (Å²) in [4.78, 5) is 27.3. The van der Waals surface area contributed by atoms with Crippen LogP contribution in [0.3, 0.4) is 0 Å². The number of phenolic OH excluding ortho intramolecular Hbond substituents is 1. The van der Waals surface area contributed by atoms with Gasteiger partial charge in [-0.25, -0.2) is 4.98 Å². The molecule has 136 valence electrons. The Morgan fingerprint density at radius 3 is 2.54 bits per heavy atom. The zero-order valence-electron chi connectivity index (χ0n) is 14.8. The SMILES string of the molecule is CCNc1nc(C(N)=O)c(N)c(-c2c(C)ccc(O)c2C)c1C(=N)C=O. The van der Waals surface area contributed by atoms with Crippen molar-refractivity contribution in [1.82, 2.24) is 4.98 Å². The molecule has 0 spiro atoms. The van der Waals surface area contributed by atoms with E-state index in [9.17, 15) is 14.7 Å². The van der Waals surface area contributed by atoms with Gasteiger partial charge in [-0.05, 0) is 43.5 Å². The number of aldehydes is 1. The minimum atomic E-state index is -0.831. The molecule has 0 bridgehead atoms. The number of aryl methyl sites for hydroxylation is 1. The largest absolute Gasteiger partial charge is 0.508 e. The lowest BCUT2D eigenvalue weighted by Crippen LogP contribution is -2.21. The van der Waals surface area contributed by atoms with Crippen molar-refractivity contribution < 1.29 is 14.7 Å². The molecule has 0 aliphatic carbocycles. The first-order chi connectivity index (χ1) is 12.2. The molecular weight excluding hydrogens is 334 g/mol. The molecule has 0 atom stereocenters. The van der Waals surface area contributed by atoms with E-state index >= 15 is 0 Å². The van der Waals surface area contributed by atoms with E-state index in [2.05, 4.69) is 10.3 Å². The second kappa shape index (κ2) is 7.22. The number of hydrogen-bond acceptors (Lipinski definition) is 7. The minimum Gasteiger partial charge on any atom is -0.508 e. The Bertz CT molecular complexity index is 922. The van der Waals surface area contributed by atoms with Crippen molar-refractivity contribution in [2.75, 3.05) is 17.6 Å². The fraction of sp³-hybridized carbons (Fsp3) is 0.222. The number of benzene rings is 1. The highest BCUT2D eigenvalue weighted by molar-refractivity contribution is 6.38. The van der Waals surface area contributed by atoms with E-state index in [1.165, 1.54) is 6.07 Å². The van der Waals surface area contributed by atoms with Gasteiger partial charge >= 0.3 is 0 Å². The van der Waals surface area contributed by atoms with E-state index in [4.69, 9.17) is 16.9 Å². The van der Waals surface area contributed by atoms with Crippen molar-refractivity contribution in [3.63, 3.8) is 0 Å². The van der Waals surface area contributed by atoms with Crippen LogP contribution >= 0.6 is 0 Å². The summed E-state index contributed by atoms with van der Waals surface area (Å²) in [6.07, 6.45) is 0.373. The first-order valence-corrected chi connectivity index (χ1v) is 7.95. The molecule has 1 heterocycles. The van der Waals surface area contributed by atoms with Crippen LogP contribution in [0, 0.1) is 19.3 Å². The quantitative estimate of drug-likeness (QED) is 0.393. The van der Waals surface area contributed by atoms with Crippen LogP contribution in [0.5, 0.6) is 5.75 Å². The lowest BCUT2D eigenvalue weighted by Gasteiger charge is -2.21. The molecule has 0 unspecified atom stereocenters. The van der Waals surface area contributed by atoms with E-state index in [1.807, 2.05) is 0 Å². The molecule has 0 saturated carbocycles. The number of primary amides is 1. The van der Waals surface area contributed by atoms with E-state index in [0.717, 1.165) is 5.56 Å². The molecule has 0 saturated heterocycles. The van der Waals surface area contributed by atoms with Crippen LogP contribution < -0.4 is 16.8 Å². The van der Waals surface area contributed by atoms with Crippen LogP contribution in [0.1, 0.15) is 34.1 Å². The van der Waals surface area contributed by atoms with E-state index in [1.54, 1.807) is 26.8 Å². The zero-order valence-corrected chi connectivity index (χ0v) is 14.8. The zero-order chi connectivity index (χ0) is 19.6. The van der Waals surface area contributed by atoms with Gasteiger partial charge in [0.15, 0.2) is 12.0 Å². The Balaban J connectivity index is 3.08. The summed E-state index contributed by atoms with van der Waals surface area (Å²) in [7, 11) is 0. The summed E-state index contributed by atoms with van der Waals surface area (Å²) in [5.41, 5.74) is 13.2. The van der Waals surface area contributed by atoms with E-state index in [-0.39, 0.29) is 39.8 Å². The van der Waals surface area contributed by atoms with Crippen LogP contribution in [0.15, 0.2) is 12.1 Å². The molecule has 8 nitrogen and oxygen atoms in total. The van der Waals surface area contributed by atoms with Gasteiger partial charge < -0.3 is 21.9 Å². The number of phenols is 1. The number of nitrogens with two attached hydrogens (primary N) is 2. The molecule has 7 N–H and O–H groups in total. The summed E-state index contributed by atoms with van der Waals surface area (Å²) in [5.74, 6) is -0.650. The second-order valence-electron chi connectivity index (χ2n) is 5.80. The highest BCUT2D eigenvalue weighted by Gasteiger charge is 2.26. The van der Waals surface area contributed by atoms with Gasteiger partial charge in [-0.2, -0.15) is 0 Å². The van der Waals surface area contributed by atoms with Gasteiger partial charge in [0.1, 0.15) is 17.3 Å². The number of carbonyl (C=O) groups is 2. The number of aromatic nitrogens is 1. The first-order valence-electron chi connectivity index (χ1n) is 7.95. The molecular formula is C18H21N5O3. The predicted molar refractivity (Wildman–Crippen MR) is 101 cm³/mol. The molecule has 2 aromatic rings. The smallest absolute Gasteiger partial charge is 0.269 e. The molecule has 1 aromatic heterocycles. The molecule has 2 rings (SSSR count). The number of nitrogens with zero attached hydrogens (tertiary/aromatic N) is 1. The van der Waals surface area contributed by atoms with Gasteiger partial charge in [-0.1, -0.05) is 6.07 Å². The van der Waals surface area contributed by atoms with Crippen molar-refractivity contribution in [3.8, 4) is 16.9 Å². The maximum absolute atomic E-state index is 11.8. The Morgan fingerprint density at radius 1 is 1.35 bits per heavy atom. The number of rotatable bonds is 6. The summed E-state index contributed by atoms with van der Waals surface area (Å²) in [6, 6.07) is 3.22. The minimum absolute atomic E-state index is 0.0241. The first kappa shape index (κ1) is 18.9. The van der Waals surface area contributed by atoms with Crippen molar-refractivity contribution in [3.05, 3.63) is 34.5 Å². The van der Waals surface area contributed by atoms with Crippen LogP contribution in [0.2, 0.25) is 0 Å². The number of pyridine rings is 1. The number of amides is 1. The van der Waals surface area contributed by atoms with E-state index < -0.39 is 5.91 Å². The molecule has 8 heteroatoms. The number of aromatic hydroxyl groups is 1. The van der Waals surface area contributed by atoms with Gasteiger partial charge in [-0.15, -0.1) is 0 Å². The maximum atomic E-state index is 11.8. The van der Waals surface area contributed by atoms with Crippen molar-refractivity contribution in [2.24, 2.45) is 5.73 Å². The molecule has 0 radical (unpaired) electrons. The van der Waals surface area contributed by atoms with Gasteiger partial charge in [-0.3, -0.25) is 15.0 Å². The average molecular weight is 355 g/mol. The predicted octanol–water partition coefficient (Wildman–Crippen LogP) is 1.75. The summed E-state index contributed by atoms with van der Waals surface area (Å²) < 4.78 is 0. The third-order valence-corrected chi connectivity index (χ3v) is 4.09. The highest BCUT2D eigenvalue weighted by Crippen LogP contribution is 2.41. The molecule has 0 aliphatic rings.